The third-order valence-corrected chi connectivity index (χ3v) is 7.85. The number of aromatic nitrogens is 2. The zero-order chi connectivity index (χ0) is 28.8. The van der Waals surface area contributed by atoms with Crippen molar-refractivity contribution in [1.29, 1.82) is 0 Å². The lowest BCUT2D eigenvalue weighted by molar-refractivity contribution is -0.146. The van der Waals surface area contributed by atoms with Crippen molar-refractivity contribution < 1.29 is 27.7 Å². The van der Waals surface area contributed by atoms with Crippen LogP contribution >= 0.6 is 8.53 Å². The number of halogens is 1. The highest BCUT2D eigenvalue weighted by Gasteiger charge is 2.30. The van der Waals surface area contributed by atoms with E-state index in [0.717, 1.165) is 27.1 Å². The third kappa shape index (κ3) is 7.25. The predicted molar refractivity (Wildman–Crippen MR) is 151 cm³/mol. The summed E-state index contributed by atoms with van der Waals surface area (Å²) in [5, 5.41) is 4.96. The first-order valence-corrected chi connectivity index (χ1v) is 14.3. The topological polar surface area (TPSA) is 121 Å². The molecule has 0 radical (unpaired) electrons. The van der Waals surface area contributed by atoms with Gasteiger partial charge in [0.05, 0.1) is 18.9 Å². The van der Waals surface area contributed by atoms with Crippen LogP contribution < -0.4 is 20.9 Å². The van der Waals surface area contributed by atoms with Crippen molar-refractivity contribution >= 4 is 25.3 Å². The Kier molecular flexibility index (Phi) is 9.21. The van der Waals surface area contributed by atoms with E-state index in [1.165, 1.54) is 0 Å². The number of ether oxygens (including phenoxy) is 2. The fraction of sp³-hybridized carbons (Fsp3) is 0.276. The maximum Gasteiger partial charge on any atom is 0.330 e. The second kappa shape index (κ2) is 13.2. The molecule has 4 atom stereocenters. The summed E-state index contributed by atoms with van der Waals surface area (Å²) in [6.07, 6.45) is 0.578. The standard InChI is InChI=1S/C29H29FN3O7P/c1-19(28(35)37-17-20-8-3-2-4-9-20)32-41(40-25-13-7-11-21-10-5-6-12-23(21)25)38-18-22-14-15-26(39-22)33-16-24(30)27(34)31-29(33)36/h2-13,16,19,22,26,32H,14-15,17-18H2,1H3,(H,31,34,36). The predicted octanol–water partition coefficient (Wildman–Crippen LogP) is 4.55. The zero-order valence-electron chi connectivity index (χ0n) is 22.2. The summed E-state index contributed by atoms with van der Waals surface area (Å²) in [6, 6.07) is 22.0. The van der Waals surface area contributed by atoms with Crippen LogP contribution in [0.3, 0.4) is 0 Å². The minimum absolute atomic E-state index is 0.0757. The Hall–Kier alpha value is -3.89. The average Bonchev–Trinajstić information content (AvgIpc) is 3.46. The lowest BCUT2D eigenvalue weighted by Gasteiger charge is -2.24. The molecule has 2 N–H and O–H groups in total. The molecule has 12 heteroatoms. The summed E-state index contributed by atoms with van der Waals surface area (Å²) < 4.78 is 38.5. The number of nitrogens with one attached hydrogen (secondary N) is 2. The first kappa shape index (κ1) is 28.6. The van der Waals surface area contributed by atoms with Crippen molar-refractivity contribution in [2.75, 3.05) is 6.61 Å². The Morgan fingerprint density at radius 1 is 1.10 bits per heavy atom. The lowest BCUT2D eigenvalue weighted by Crippen LogP contribution is -2.34. The van der Waals surface area contributed by atoms with Gasteiger partial charge in [0.15, 0.2) is 0 Å². The van der Waals surface area contributed by atoms with Gasteiger partial charge in [-0.15, -0.1) is 0 Å². The molecule has 1 aromatic heterocycles. The molecule has 214 valence electrons. The van der Waals surface area contributed by atoms with Crippen molar-refractivity contribution in [3.63, 3.8) is 0 Å². The Labute approximate surface area is 236 Å². The number of H-pyrrole nitrogens is 1. The van der Waals surface area contributed by atoms with Crippen LogP contribution in [0.25, 0.3) is 10.8 Å². The lowest BCUT2D eigenvalue weighted by atomic mass is 10.1. The maximum absolute atomic E-state index is 13.8. The highest BCUT2D eigenvalue weighted by atomic mass is 31.2. The van der Waals surface area contributed by atoms with Crippen molar-refractivity contribution in [1.82, 2.24) is 14.6 Å². The SMILES string of the molecule is CC(NP(OCC1CCC(n2cc(F)c(=O)[nH]c2=O)O1)Oc1cccc2ccccc12)C(=O)OCc1ccccc1. The van der Waals surface area contributed by atoms with Crippen LogP contribution in [0.1, 0.15) is 31.6 Å². The Morgan fingerprint density at radius 2 is 1.85 bits per heavy atom. The van der Waals surface area contributed by atoms with Gasteiger partial charge in [-0.25, -0.2) is 9.88 Å². The Morgan fingerprint density at radius 3 is 2.68 bits per heavy atom. The van der Waals surface area contributed by atoms with Gasteiger partial charge in [0.25, 0.3) is 5.56 Å². The number of hydrogen-bond acceptors (Lipinski definition) is 8. The summed E-state index contributed by atoms with van der Waals surface area (Å²) in [4.78, 5) is 38.2. The van der Waals surface area contributed by atoms with E-state index < -0.39 is 49.9 Å². The molecule has 0 spiro atoms. The van der Waals surface area contributed by atoms with Crippen LogP contribution in [-0.4, -0.2) is 34.3 Å². The third-order valence-electron chi connectivity index (χ3n) is 6.50. The van der Waals surface area contributed by atoms with E-state index >= 15 is 0 Å². The van der Waals surface area contributed by atoms with E-state index in [0.29, 0.717) is 18.6 Å². The van der Waals surface area contributed by atoms with Crippen LogP contribution in [-0.2, 0) is 25.4 Å². The number of fused-ring (bicyclic) bond motifs is 1. The number of nitrogens with zero attached hydrogens (tertiary/aromatic N) is 1. The van der Waals surface area contributed by atoms with Gasteiger partial charge in [-0.05, 0) is 36.8 Å². The summed E-state index contributed by atoms with van der Waals surface area (Å²) in [7, 11) is -1.85. The summed E-state index contributed by atoms with van der Waals surface area (Å²) in [5.74, 6) is -0.965. The van der Waals surface area contributed by atoms with Gasteiger partial charge in [0.2, 0.25) is 5.82 Å². The van der Waals surface area contributed by atoms with Crippen molar-refractivity contribution in [3.05, 3.63) is 111 Å². The van der Waals surface area contributed by atoms with E-state index in [1.807, 2.05) is 77.8 Å². The van der Waals surface area contributed by atoms with Crippen LogP contribution in [0.4, 0.5) is 4.39 Å². The maximum atomic E-state index is 13.8. The molecular weight excluding hydrogens is 552 g/mol. The van der Waals surface area contributed by atoms with Gasteiger partial charge in [-0.1, -0.05) is 66.7 Å². The Bertz CT molecular complexity index is 1610. The quantitative estimate of drug-likeness (QED) is 0.196. The molecule has 10 nitrogen and oxygen atoms in total. The molecule has 4 unspecified atom stereocenters. The number of benzene rings is 3. The van der Waals surface area contributed by atoms with E-state index in [4.69, 9.17) is 18.5 Å². The number of esters is 1. The minimum Gasteiger partial charge on any atom is -0.460 e. The molecule has 0 bridgehead atoms. The van der Waals surface area contributed by atoms with Gasteiger partial charge in [0.1, 0.15) is 24.6 Å². The second-order valence-corrected chi connectivity index (χ2v) is 10.7. The average molecular weight is 582 g/mol. The van der Waals surface area contributed by atoms with Crippen LogP contribution in [0.15, 0.2) is 88.6 Å². The summed E-state index contributed by atoms with van der Waals surface area (Å²) in [5.41, 5.74) is -0.968. The highest BCUT2D eigenvalue weighted by molar-refractivity contribution is 7.45. The minimum atomic E-state index is -1.85. The number of carbonyl (C=O) groups excluding carboxylic acids is 1. The smallest absolute Gasteiger partial charge is 0.330 e. The summed E-state index contributed by atoms with van der Waals surface area (Å²) in [6.45, 7) is 1.88. The molecule has 4 aromatic rings. The van der Waals surface area contributed by atoms with Gasteiger partial charge in [0, 0.05) is 5.39 Å². The first-order valence-electron chi connectivity index (χ1n) is 13.1. The largest absolute Gasteiger partial charge is 0.460 e. The normalized spacial score (nSPS) is 18.2. The fourth-order valence-electron chi connectivity index (χ4n) is 4.36. The monoisotopic (exact) mass is 581 g/mol. The van der Waals surface area contributed by atoms with Gasteiger partial charge in [-0.2, -0.15) is 4.39 Å². The summed E-state index contributed by atoms with van der Waals surface area (Å²) >= 11 is 0. The highest BCUT2D eigenvalue weighted by Crippen LogP contribution is 2.40. The molecular formula is C29H29FN3O7P. The number of hydrogen-bond donors (Lipinski definition) is 2. The number of aromatic amines is 1. The van der Waals surface area contributed by atoms with E-state index in [1.54, 1.807) is 6.92 Å². The van der Waals surface area contributed by atoms with Crippen molar-refractivity contribution in [2.24, 2.45) is 0 Å². The van der Waals surface area contributed by atoms with Crippen LogP contribution in [0.2, 0.25) is 0 Å². The fourth-order valence-corrected chi connectivity index (χ4v) is 5.60. The first-order chi connectivity index (χ1) is 19.9. The van der Waals surface area contributed by atoms with Crippen LogP contribution in [0.5, 0.6) is 5.75 Å². The van der Waals surface area contributed by atoms with E-state index in [2.05, 4.69) is 5.09 Å². The molecule has 1 aliphatic heterocycles. The van der Waals surface area contributed by atoms with Crippen LogP contribution in [0, 0.1) is 5.82 Å². The molecule has 1 fully saturated rings. The molecule has 1 saturated heterocycles. The van der Waals surface area contributed by atoms with Crippen molar-refractivity contribution in [3.8, 4) is 5.75 Å². The molecule has 0 aliphatic carbocycles. The molecule has 2 heterocycles. The molecule has 0 saturated carbocycles. The molecule has 5 rings (SSSR count). The Balaban J connectivity index is 1.26. The second-order valence-electron chi connectivity index (χ2n) is 9.50. The van der Waals surface area contributed by atoms with Crippen molar-refractivity contribution in [2.45, 2.75) is 44.7 Å². The zero-order valence-corrected chi connectivity index (χ0v) is 23.1. The molecule has 3 aromatic carbocycles. The van der Waals surface area contributed by atoms with Gasteiger partial charge < -0.3 is 18.5 Å². The van der Waals surface area contributed by atoms with Gasteiger partial charge >= 0.3 is 20.2 Å². The van der Waals surface area contributed by atoms with Gasteiger partial charge in [-0.3, -0.25) is 19.1 Å². The van der Waals surface area contributed by atoms with E-state index in [9.17, 15) is 18.8 Å². The van der Waals surface area contributed by atoms with E-state index in [-0.39, 0.29) is 13.2 Å². The molecule has 41 heavy (non-hydrogen) atoms. The molecule has 0 amide bonds. The molecule has 1 aliphatic rings. The number of carbonyl (C=O) groups is 1. The number of rotatable bonds is 11.